The maximum atomic E-state index is 12.0. The molecular formula is C17H15NO3S2. The fraction of sp³-hybridized carbons (Fsp3) is 0.118. The van der Waals surface area contributed by atoms with E-state index in [1.54, 1.807) is 23.5 Å². The smallest absolute Gasteiger partial charge is 0.244 e. The van der Waals surface area contributed by atoms with Gasteiger partial charge in [-0.05, 0) is 46.0 Å². The normalized spacial score (nSPS) is 14.0. The van der Waals surface area contributed by atoms with E-state index in [4.69, 9.17) is 4.42 Å². The van der Waals surface area contributed by atoms with Gasteiger partial charge in [0.2, 0.25) is 5.91 Å². The Morgan fingerprint density at radius 1 is 1.35 bits per heavy atom. The Bertz CT molecular complexity index is 725. The number of thiophene rings is 2. The number of amides is 1. The maximum Gasteiger partial charge on any atom is 0.244 e. The molecule has 4 nitrogen and oxygen atoms in total. The van der Waals surface area contributed by atoms with Gasteiger partial charge in [-0.15, -0.1) is 11.3 Å². The first-order valence-electron chi connectivity index (χ1n) is 6.95. The van der Waals surface area contributed by atoms with Crippen LogP contribution in [-0.4, -0.2) is 17.6 Å². The zero-order chi connectivity index (χ0) is 16.1. The number of carbonyl (C=O) groups is 1. The molecule has 0 aliphatic rings. The molecule has 118 valence electrons. The van der Waals surface area contributed by atoms with Crippen molar-refractivity contribution < 1.29 is 14.3 Å². The molecule has 1 amide bonds. The summed E-state index contributed by atoms with van der Waals surface area (Å²) < 4.78 is 5.08. The van der Waals surface area contributed by atoms with Gasteiger partial charge in [-0.3, -0.25) is 4.79 Å². The van der Waals surface area contributed by atoms with Crippen LogP contribution in [0.15, 0.2) is 63.4 Å². The van der Waals surface area contributed by atoms with Crippen molar-refractivity contribution in [1.29, 1.82) is 0 Å². The lowest BCUT2D eigenvalue weighted by Gasteiger charge is -2.26. The lowest BCUT2D eigenvalue weighted by Crippen LogP contribution is -2.40. The molecule has 3 aromatic heterocycles. The van der Waals surface area contributed by atoms with Gasteiger partial charge in [0.15, 0.2) is 0 Å². The number of aliphatic hydroxyl groups is 1. The van der Waals surface area contributed by atoms with Crippen LogP contribution < -0.4 is 5.32 Å². The van der Waals surface area contributed by atoms with E-state index in [1.165, 1.54) is 29.9 Å². The van der Waals surface area contributed by atoms with E-state index in [0.29, 0.717) is 5.56 Å². The molecule has 3 heterocycles. The van der Waals surface area contributed by atoms with Gasteiger partial charge in [0.25, 0.3) is 0 Å². The fourth-order valence-corrected chi connectivity index (χ4v) is 3.64. The van der Waals surface area contributed by atoms with Gasteiger partial charge in [0.1, 0.15) is 5.60 Å². The summed E-state index contributed by atoms with van der Waals surface area (Å²) in [5.74, 6) is -0.255. The van der Waals surface area contributed by atoms with Crippen molar-refractivity contribution in [1.82, 2.24) is 5.32 Å². The number of hydrogen-bond acceptors (Lipinski definition) is 5. The summed E-state index contributed by atoms with van der Waals surface area (Å²) in [6.07, 6.45) is 6.21. The van der Waals surface area contributed by atoms with Gasteiger partial charge in [0.05, 0.1) is 19.1 Å². The quantitative estimate of drug-likeness (QED) is 0.673. The predicted octanol–water partition coefficient (Wildman–Crippen LogP) is 3.47. The van der Waals surface area contributed by atoms with Crippen molar-refractivity contribution in [2.75, 3.05) is 6.54 Å². The Balaban J connectivity index is 1.71. The Morgan fingerprint density at radius 3 is 2.91 bits per heavy atom. The van der Waals surface area contributed by atoms with E-state index >= 15 is 0 Å². The summed E-state index contributed by atoms with van der Waals surface area (Å²) in [7, 11) is 0. The minimum absolute atomic E-state index is 0.0693. The SMILES string of the molecule is O=C(C=Cc1ccsc1)NCC(O)(c1ccoc1)c1cccs1. The molecule has 3 aromatic rings. The van der Waals surface area contributed by atoms with E-state index < -0.39 is 5.60 Å². The average molecular weight is 345 g/mol. The summed E-state index contributed by atoms with van der Waals surface area (Å²) in [6.45, 7) is 0.0693. The third-order valence-corrected chi connectivity index (χ3v) is 5.14. The first kappa shape index (κ1) is 15.7. The molecule has 0 fully saturated rings. The molecule has 6 heteroatoms. The number of furan rings is 1. The van der Waals surface area contributed by atoms with Crippen LogP contribution in [0.1, 0.15) is 16.0 Å². The topological polar surface area (TPSA) is 62.5 Å². The van der Waals surface area contributed by atoms with E-state index in [9.17, 15) is 9.90 Å². The van der Waals surface area contributed by atoms with Crippen molar-refractivity contribution >= 4 is 34.7 Å². The molecule has 0 saturated carbocycles. The molecular weight excluding hydrogens is 330 g/mol. The average Bonchev–Trinajstić information content (AvgIpc) is 3.33. The van der Waals surface area contributed by atoms with Crippen molar-refractivity contribution in [3.8, 4) is 0 Å². The van der Waals surface area contributed by atoms with E-state index in [-0.39, 0.29) is 12.5 Å². The zero-order valence-corrected chi connectivity index (χ0v) is 13.8. The Labute approximate surface area is 141 Å². The molecule has 1 unspecified atom stereocenters. The first-order chi connectivity index (χ1) is 11.2. The highest BCUT2D eigenvalue weighted by Gasteiger charge is 2.34. The van der Waals surface area contributed by atoms with Crippen LogP contribution in [0.5, 0.6) is 0 Å². The van der Waals surface area contributed by atoms with E-state index in [2.05, 4.69) is 5.32 Å². The Kier molecular flexibility index (Phi) is 4.76. The first-order valence-corrected chi connectivity index (χ1v) is 8.78. The van der Waals surface area contributed by atoms with Crippen LogP contribution in [0, 0.1) is 0 Å². The highest BCUT2D eigenvalue weighted by atomic mass is 32.1. The predicted molar refractivity (Wildman–Crippen MR) is 92.4 cm³/mol. The molecule has 0 radical (unpaired) electrons. The highest BCUT2D eigenvalue weighted by Crippen LogP contribution is 2.32. The molecule has 0 aliphatic heterocycles. The molecule has 3 rings (SSSR count). The number of hydrogen-bond donors (Lipinski definition) is 2. The number of rotatable bonds is 6. The third-order valence-electron chi connectivity index (χ3n) is 3.42. The minimum Gasteiger partial charge on any atom is -0.472 e. The van der Waals surface area contributed by atoms with Crippen LogP contribution in [0.25, 0.3) is 6.08 Å². The monoisotopic (exact) mass is 345 g/mol. The molecule has 0 bridgehead atoms. The van der Waals surface area contributed by atoms with Crippen LogP contribution in [-0.2, 0) is 10.4 Å². The molecule has 2 N–H and O–H groups in total. The zero-order valence-electron chi connectivity index (χ0n) is 12.1. The van der Waals surface area contributed by atoms with Crippen LogP contribution in [0.4, 0.5) is 0 Å². The van der Waals surface area contributed by atoms with Gasteiger partial charge in [-0.1, -0.05) is 6.07 Å². The van der Waals surface area contributed by atoms with E-state index in [1.807, 2.05) is 34.3 Å². The lowest BCUT2D eigenvalue weighted by molar-refractivity contribution is -0.117. The second-order valence-corrected chi connectivity index (χ2v) is 6.69. The molecule has 1 atom stereocenters. The van der Waals surface area contributed by atoms with Crippen LogP contribution in [0.2, 0.25) is 0 Å². The minimum atomic E-state index is -1.30. The van der Waals surface area contributed by atoms with Crippen LogP contribution in [0.3, 0.4) is 0 Å². The van der Waals surface area contributed by atoms with Crippen LogP contribution >= 0.6 is 22.7 Å². The Morgan fingerprint density at radius 2 is 2.26 bits per heavy atom. The lowest BCUT2D eigenvalue weighted by atomic mass is 9.94. The van der Waals surface area contributed by atoms with Crippen molar-refractivity contribution in [2.24, 2.45) is 0 Å². The van der Waals surface area contributed by atoms with Gasteiger partial charge >= 0.3 is 0 Å². The van der Waals surface area contributed by atoms with Gasteiger partial charge in [-0.25, -0.2) is 0 Å². The van der Waals surface area contributed by atoms with Crippen molar-refractivity contribution in [3.05, 3.63) is 75.0 Å². The summed E-state index contributed by atoms with van der Waals surface area (Å²) in [6, 6.07) is 7.34. The van der Waals surface area contributed by atoms with Crippen molar-refractivity contribution in [3.63, 3.8) is 0 Å². The second kappa shape index (κ2) is 6.95. The van der Waals surface area contributed by atoms with Gasteiger partial charge in [-0.2, -0.15) is 11.3 Å². The molecule has 0 spiro atoms. The number of carbonyl (C=O) groups excluding carboxylic acids is 1. The molecule has 0 aromatic carbocycles. The molecule has 23 heavy (non-hydrogen) atoms. The largest absolute Gasteiger partial charge is 0.472 e. The van der Waals surface area contributed by atoms with Gasteiger partial charge < -0.3 is 14.8 Å². The van der Waals surface area contributed by atoms with E-state index in [0.717, 1.165) is 10.4 Å². The summed E-state index contributed by atoms with van der Waals surface area (Å²) in [4.78, 5) is 12.7. The second-order valence-electron chi connectivity index (χ2n) is 4.96. The standard InChI is InChI=1S/C17H15NO3S2/c19-16(4-3-13-6-9-22-11-13)18-12-17(20,14-5-7-21-10-14)15-2-1-8-23-15/h1-11,20H,12H2,(H,18,19). The fourth-order valence-electron chi connectivity index (χ4n) is 2.16. The summed E-state index contributed by atoms with van der Waals surface area (Å²) >= 11 is 3.00. The molecule has 0 aliphatic carbocycles. The van der Waals surface area contributed by atoms with Gasteiger partial charge in [0, 0.05) is 16.5 Å². The highest BCUT2D eigenvalue weighted by molar-refractivity contribution is 7.10. The summed E-state index contributed by atoms with van der Waals surface area (Å²) in [5, 5.41) is 19.6. The summed E-state index contributed by atoms with van der Waals surface area (Å²) in [5.41, 5.74) is 0.295. The van der Waals surface area contributed by atoms with Crippen molar-refractivity contribution in [2.45, 2.75) is 5.60 Å². The Hall–Kier alpha value is -2.15. The maximum absolute atomic E-state index is 12.0. The third kappa shape index (κ3) is 3.61. The molecule has 0 saturated heterocycles. The number of nitrogens with one attached hydrogen (secondary N) is 1.